The molecule has 0 aliphatic carbocycles. The van der Waals surface area contributed by atoms with E-state index in [1.54, 1.807) is 12.3 Å². The van der Waals surface area contributed by atoms with Crippen molar-refractivity contribution in [3.05, 3.63) is 53.0 Å². The molecule has 1 aliphatic rings. The molecule has 1 aliphatic heterocycles. The number of rotatable bonds is 6. The summed E-state index contributed by atoms with van der Waals surface area (Å²) in [6.07, 6.45) is 3.70. The highest BCUT2D eigenvalue weighted by Gasteiger charge is 2.27. The lowest BCUT2D eigenvalue weighted by molar-refractivity contribution is 0.204. The van der Waals surface area contributed by atoms with Crippen molar-refractivity contribution in [1.29, 1.82) is 5.26 Å². The molecule has 6 heteroatoms. The zero-order valence-electron chi connectivity index (χ0n) is 14.7. The van der Waals surface area contributed by atoms with Crippen LogP contribution in [0.4, 0.5) is 4.39 Å². The van der Waals surface area contributed by atoms with Gasteiger partial charge in [0.15, 0.2) is 0 Å². The molecule has 1 unspecified atom stereocenters. The summed E-state index contributed by atoms with van der Waals surface area (Å²) >= 11 is 0. The number of nitrogens with zero attached hydrogens (tertiary/aromatic N) is 4. The summed E-state index contributed by atoms with van der Waals surface area (Å²) in [4.78, 5) is 8.90. The maximum atomic E-state index is 13.3. The Morgan fingerprint density at radius 2 is 2.32 bits per heavy atom. The van der Waals surface area contributed by atoms with E-state index in [9.17, 15) is 9.65 Å². The first-order valence-corrected chi connectivity index (χ1v) is 8.63. The van der Waals surface area contributed by atoms with Crippen molar-refractivity contribution in [1.82, 2.24) is 14.8 Å². The summed E-state index contributed by atoms with van der Waals surface area (Å²) in [7, 11) is 2.09. The summed E-state index contributed by atoms with van der Waals surface area (Å²) in [5.41, 5.74) is 1.30. The zero-order valence-corrected chi connectivity index (χ0v) is 14.7. The van der Waals surface area contributed by atoms with Crippen LogP contribution in [0.3, 0.4) is 0 Å². The van der Waals surface area contributed by atoms with Crippen molar-refractivity contribution in [3.63, 3.8) is 0 Å². The lowest BCUT2D eigenvalue weighted by atomic mass is 10.1. The first kappa shape index (κ1) is 17.6. The fourth-order valence-electron chi connectivity index (χ4n) is 3.27. The van der Waals surface area contributed by atoms with E-state index in [-0.39, 0.29) is 5.82 Å². The number of benzene rings is 1. The fourth-order valence-corrected chi connectivity index (χ4v) is 3.27. The molecule has 2 heterocycles. The first-order chi connectivity index (χ1) is 12.1. The van der Waals surface area contributed by atoms with Gasteiger partial charge in [0.1, 0.15) is 11.6 Å². The van der Waals surface area contributed by atoms with Crippen LogP contribution in [0.5, 0.6) is 0 Å². The predicted molar refractivity (Wildman–Crippen MR) is 92.1 cm³/mol. The van der Waals surface area contributed by atoms with E-state index in [4.69, 9.17) is 4.42 Å². The van der Waals surface area contributed by atoms with Gasteiger partial charge in [-0.25, -0.2) is 9.37 Å². The molecule has 0 amide bonds. The van der Waals surface area contributed by atoms with E-state index >= 15 is 0 Å². The van der Waals surface area contributed by atoms with Gasteiger partial charge in [-0.05, 0) is 31.2 Å². The first-order valence-electron chi connectivity index (χ1n) is 8.63. The average molecular weight is 342 g/mol. The lowest BCUT2D eigenvalue weighted by Gasteiger charge is -2.23. The highest BCUT2D eigenvalue weighted by atomic mass is 19.1. The molecule has 1 atom stereocenters. The van der Waals surface area contributed by atoms with E-state index in [1.165, 1.54) is 12.1 Å². The van der Waals surface area contributed by atoms with Gasteiger partial charge in [-0.15, -0.1) is 0 Å². The summed E-state index contributed by atoms with van der Waals surface area (Å²) in [6.45, 7) is 5.29. The van der Waals surface area contributed by atoms with Gasteiger partial charge in [0.2, 0.25) is 5.89 Å². The Bertz CT molecular complexity index is 767. The number of aryl methyl sites for hydroxylation is 1. The van der Waals surface area contributed by atoms with Crippen molar-refractivity contribution >= 4 is 0 Å². The van der Waals surface area contributed by atoms with E-state index in [0.29, 0.717) is 24.7 Å². The maximum Gasteiger partial charge on any atom is 0.208 e. The SMILES string of the molecule is CCc1cnc(CN(C)C2CCN(Cc3ccc(F)cc3C#N)C2)o1. The van der Waals surface area contributed by atoms with Gasteiger partial charge < -0.3 is 4.42 Å². The van der Waals surface area contributed by atoms with E-state index in [0.717, 1.165) is 43.1 Å². The number of aromatic nitrogens is 1. The second kappa shape index (κ2) is 7.77. The molecule has 132 valence electrons. The molecule has 1 aromatic heterocycles. The summed E-state index contributed by atoms with van der Waals surface area (Å²) in [5.74, 6) is 1.30. The Labute approximate surface area is 147 Å². The number of halogens is 1. The Kier molecular flexibility index (Phi) is 5.47. The Morgan fingerprint density at radius 1 is 1.48 bits per heavy atom. The number of hydrogen-bond acceptors (Lipinski definition) is 5. The normalized spacial score (nSPS) is 18.0. The van der Waals surface area contributed by atoms with Crippen molar-refractivity contribution in [3.8, 4) is 6.07 Å². The zero-order chi connectivity index (χ0) is 17.8. The minimum atomic E-state index is -0.364. The molecule has 1 aromatic carbocycles. The van der Waals surface area contributed by atoms with Crippen molar-refractivity contribution < 1.29 is 8.81 Å². The van der Waals surface area contributed by atoms with Crippen molar-refractivity contribution in [2.24, 2.45) is 0 Å². The minimum absolute atomic E-state index is 0.364. The van der Waals surface area contributed by atoms with Crippen LogP contribution in [-0.4, -0.2) is 41.0 Å². The molecule has 0 saturated carbocycles. The number of hydrogen-bond donors (Lipinski definition) is 0. The molecular formula is C19H23FN4O. The van der Waals surface area contributed by atoms with Crippen molar-refractivity contribution in [2.75, 3.05) is 20.1 Å². The van der Waals surface area contributed by atoms with Crippen molar-refractivity contribution in [2.45, 2.75) is 38.9 Å². The quantitative estimate of drug-likeness (QED) is 0.808. The molecule has 0 radical (unpaired) electrons. The Morgan fingerprint density at radius 3 is 3.04 bits per heavy atom. The molecule has 1 saturated heterocycles. The van der Waals surface area contributed by atoms with Gasteiger partial charge >= 0.3 is 0 Å². The van der Waals surface area contributed by atoms with Crippen LogP contribution in [0.15, 0.2) is 28.8 Å². The molecule has 3 rings (SSSR count). The van der Waals surface area contributed by atoms with Crippen LogP contribution in [0, 0.1) is 17.1 Å². The number of nitriles is 1. The molecule has 25 heavy (non-hydrogen) atoms. The summed E-state index contributed by atoms with van der Waals surface area (Å²) < 4.78 is 19.0. The van der Waals surface area contributed by atoms with Gasteiger partial charge in [-0.2, -0.15) is 5.26 Å². The molecule has 0 bridgehead atoms. The van der Waals surface area contributed by atoms with Gasteiger partial charge in [0.05, 0.1) is 24.4 Å². The molecule has 0 N–H and O–H groups in total. The average Bonchev–Trinajstić information content (AvgIpc) is 3.25. The lowest BCUT2D eigenvalue weighted by Crippen LogP contribution is -2.34. The monoisotopic (exact) mass is 342 g/mol. The maximum absolute atomic E-state index is 13.3. The second-order valence-electron chi connectivity index (χ2n) is 6.58. The predicted octanol–water partition coefficient (Wildman–Crippen LogP) is 2.95. The Hall–Kier alpha value is -2.23. The minimum Gasteiger partial charge on any atom is -0.444 e. The molecule has 5 nitrogen and oxygen atoms in total. The van der Waals surface area contributed by atoms with Crippen LogP contribution in [0.1, 0.15) is 36.1 Å². The van der Waals surface area contributed by atoms with E-state index in [2.05, 4.69) is 27.9 Å². The van der Waals surface area contributed by atoms with Crippen LogP contribution in [-0.2, 0) is 19.5 Å². The topological polar surface area (TPSA) is 56.3 Å². The third-order valence-electron chi connectivity index (χ3n) is 4.79. The Balaban J connectivity index is 1.57. The number of likely N-dealkylation sites (N-methyl/N-ethyl adjacent to an activating group) is 1. The van der Waals surface area contributed by atoms with Gasteiger partial charge in [0.25, 0.3) is 0 Å². The highest BCUT2D eigenvalue weighted by molar-refractivity contribution is 5.37. The van der Waals surface area contributed by atoms with Crippen LogP contribution in [0.25, 0.3) is 0 Å². The smallest absolute Gasteiger partial charge is 0.208 e. The molecule has 0 spiro atoms. The van der Waals surface area contributed by atoms with E-state index < -0.39 is 0 Å². The van der Waals surface area contributed by atoms with Gasteiger partial charge in [-0.1, -0.05) is 13.0 Å². The van der Waals surface area contributed by atoms with Crippen LogP contribution in [0.2, 0.25) is 0 Å². The largest absolute Gasteiger partial charge is 0.444 e. The highest BCUT2D eigenvalue weighted by Crippen LogP contribution is 2.21. The van der Waals surface area contributed by atoms with Gasteiger partial charge in [0, 0.05) is 32.1 Å². The third kappa shape index (κ3) is 4.25. The molecule has 2 aromatic rings. The van der Waals surface area contributed by atoms with Gasteiger partial charge in [-0.3, -0.25) is 9.80 Å². The third-order valence-corrected chi connectivity index (χ3v) is 4.79. The molecular weight excluding hydrogens is 319 g/mol. The second-order valence-corrected chi connectivity index (χ2v) is 6.58. The number of oxazole rings is 1. The van der Waals surface area contributed by atoms with Crippen LogP contribution >= 0.6 is 0 Å². The van der Waals surface area contributed by atoms with Crippen LogP contribution < -0.4 is 0 Å². The standard InChI is InChI=1S/C19H23FN4O/c1-3-18-10-22-19(25-18)13-23(2)17-6-7-24(12-17)11-14-4-5-16(20)8-15(14)9-21/h4-5,8,10,17H,3,6-7,11-13H2,1-2H3. The van der Waals surface area contributed by atoms with E-state index in [1.807, 2.05) is 6.92 Å². The number of likely N-dealkylation sites (tertiary alicyclic amines) is 1. The fraction of sp³-hybridized carbons (Fsp3) is 0.474. The summed E-state index contributed by atoms with van der Waals surface area (Å²) in [6, 6.07) is 6.95. The molecule has 1 fully saturated rings. The summed E-state index contributed by atoms with van der Waals surface area (Å²) in [5, 5.41) is 9.18.